The van der Waals surface area contributed by atoms with E-state index in [4.69, 9.17) is 10.8 Å². The number of aliphatic hydroxyl groups excluding tert-OH is 1. The monoisotopic (exact) mass is 186 g/mol. The highest BCUT2D eigenvalue weighted by atomic mass is 16.2. The third-order valence-corrected chi connectivity index (χ3v) is 2.69. The molecule has 1 rings (SSSR count). The summed E-state index contributed by atoms with van der Waals surface area (Å²) in [5.74, 6) is 0.850. The second-order valence-electron chi connectivity index (χ2n) is 3.92. The molecule has 78 valence electrons. The summed E-state index contributed by atoms with van der Waals surface area (Å²) in [6, 6.07) is 0.550. The third kappa shape index (κ3) is 4.60. The lowest BCUT2D eigenvalue weighted by Crippen LogP contribution is -2.38. The van der Waals surface area contributed by atoms with Crippen molar-refractivity contribution in [3.05, 3.63) is 0 Å². The molecule has 0 heterocycles. The summed E-state index contributed by atoms with van der Waals surface area (Å²) in [5.41, 5.74) is 5.65. The van der Waals surface area contributed by atoms with Crippen molar-refractivity contribution in [3.8, 4) is 0 Å². The summed E-state index contributed by atoms with van der Waals surface area (Å²) in [6.45, 7) is 2.14. The zero-order chi connectivity index (χ0) is 9.52. The van der Waals surface area contributed by atoms with E-state index >= 15 is 0 Å². The molecule has 0 bridgehead atoms. The van der Waals surface area contributed by atoms with E-state index in [2.05, 4.69) is 5.32 Å². The lowest BCUT2D eigenvalue weighted by Gasteiger charge is -2.15. The lowest BCUT2D eigenvalue weighted by molar-refractivity contribution is 0.282. The quantitative estimate of drug-likeness (QED) is 0.483. The van der Waals surface area contributed by atoms with Crippen molar-refractivity contribution in [2.45, 2.75) is 38.1 Å². The maximum absolute atomic E-state index is 8.58. The SMILES string of the molecule is NCC(NCCCCCO)C1CC1. The van der Waals surface area contributed by atoms with Crippen LogP contribution in [0.5, 0.6) is 0 Å². The van der Waals surface area contributed by atoms with Gasteiger partial charge in [-0.15, -0.1) is 0 Å². The van der Waals surface area contributed by atoms with Gasteiger partial charge < -0.3 is 16.2 Å². The molecule has 0 aromatic rings. The first-order valence-corrected chi connectivity index (χ1v) is 5.42. The van der Waals surface area contributed by atoms with Gasteiger partial charge in [-0.05, 0) is 44.6 Å². The molecular formula is C10H22N2O. The molecule has 1 aliphatic rings. The van der Waals surface area contributed by atoms with Gasteiger partial charge in [-0.1, -0.05) is 0 Å². The number of unbranched alkanes of at least 4 members (excludes halogenated alkanes) is 2. The molecule has 1 aliphatic carbocycles. The predicted octanol–water partition coefficient (Wildman–Crippen LogP) is 0.476. The Bertz CT molecular complexity index is 126. The minimum Gasteiger partial charge on any atom is -0.396 e. The fourth-order valence-corrected chi connectivity index (χ4v) is 1.64. The Labute approximate surface area is 80.7 Å². The van der Waals surface area contributed by atoms with Gasteiger partial charge in [0, 0.05) is 19.2 Å². The Morgan fingerprint density at radius 1 is 1.31 bits per heavy atom. The van der Waals surface area contributed by atoms with Gasteiger partial charge in [0.1, 0.15) is 0 Å². The fraction of sp³-hybridized carbons (Fsp3) is 1.00. The van der Waals surface area contributed by atoms with Gasteiger partial charge in [0.2, 0.25) is 0 Å². The normalized spacial score (nSPS) is 18.9. The lowest BCUT2D eigenvalue weighted by atomic mass is 10.1. The zero-order valence-electron chi connectivity index (χ0n) is 8.34. The average molecular weight is 186 g/mol. The molecular weight excluding hydrogens is 164 g/mol. The van der Waals surface area contributed by atoms with Crippen LogP contribution in [0.3, 0.4) is 0 Å². The van der Waals surface area contributed by atoms with Crippen molar-refractivity contribution in [1.82, 2.24) is 5.32 Å². The van der Waals surface area contributed by atoms with Gasteiger partial charge >= 0.3 is 0 Å². The molecule has 0 amide bonds. The summed E-state index contributed by atoms with van der Waals surface area (Å²) in [7, 11) is 0. The van der Waals surface area contributed by atoms with Gasteiger partial charge in [-0.2, -0.15) is 0 Å². The first-order chi connectivity index (χ1) is 6.38. The molecule has 0 aromatic heterocycles. The molecule has 1 saturated carbocycles. The minimum absolute atomic E-state index is 0.322. The first kappa shape index (κ1) is 11.0. The molecule has 0 aromatic carbocycles. The largest absolute Gasteiger partial charge is 0.396 e. The highest BCUT2D eigenvalue weighted by Gasteiger charge is 2.29. The summed E-state index contributed by atoms with van der Waals surface area (Å²) in [5, 5.41) is 12.1. The number of nitrogens with one attached hydrogen (secondary N) is 1. The number of rotatable bonds is 8. The molecule has 4 N–H and O–H groups in total. The molecule has 1 unspecified atom stereocenters. The van der Waals surface area contributed by atoms with Gasteiger partial charge in [-0.25, -0.2) is 0 Å². The van der Waals surface area contributed by atoms with E-state index < -0.39 is 0 Å². The molecule has 1 fully saturated rings. The average Bonchev–Trinajstić information content (AvgIpc) is 2.95. The van der Waals surface area contributed by atoms with E-state index in [0.29, 0.717) is 12.6 Å². The van der Waals surface area contributed by atoms with Crippen molar-refractivity contribution < 1.29 is 5.11 Å². The van der Waals surface area contributed by atoms with Gasteiger partial charge in [0.15, 0.2) is 0 Å². The standard InChI is InChI=1S/C10H22N2O/c11-8-10(9-4-5-9)12-6-2-1-3-7-13/h9-10,12-13H,1-8,11H2. The van der Waals surface area contributed by atoms with Crippen LogP contribution >= 0.6 is 0 Å². The van der Waals surface area contributed by atoms with Gasteiger partial charge in [0.25, 0.3) is 0 Å². The van der Waals surface area contributed by atoms with Crippen LogP contribution in [0.4, 0.5) is 0 Å². The van der Waals surface area contributed by atoms with Crippen LogP contribution in [0.15, 0.2) is 0 Å². The third-order valence-electron chi connectivity index (χ3n) is 2.69. The maximum Gasteiger partial charge on any atom is 0.0431 e. The Balaban J connectivity index is 1.90. The van der Waals surface area contributed by atoms with Crippen LogP contribution in [0.1, 0.15) is 32.1 Å². The molecule has 0 aliphatic heterocycles. The number of hydrogen-bond donors (Lipinski definition) is 3. The van der Waals surface area contributed by atoms with Crippen LogP contribution in [-0.4, -0.2) is 30.8 Å². The van der Waals surface area contributed by atoms with Crippen LogP contribution in [0.25, 0.3) is 0 Å². The van der Waals surface area contributed by atoms with Crippen molar-refractivity contribution in [2.75, 3.05) is 19.7 Å². The van der Waals surface area contributed by atoms with E-state index in [1.807, 2.05) is 0 Å². The van der Waals surface area contributed by atoms with E-state index in [0.717, 1.165) is 38.3 Å². The van der Waals surface area contributed by atoms with Crippen molar-refractivity contribution in [3.63, 3.8) is 0 Å². The minimum atomic E-state index is 0.322. The Morgan fingerprint density at radius 3 is 2.62 bits per heavy atom. The Morgan fingerprint density at radius 2 is 2.08 bits per heavy atom. The summed E-state index contributed by atoms with van der Waals surface area (Å²) in [4.78, 5) is 0. The van der Waals surface area contributed by atoms with E-state index in [1.165, 1.54) is 12.8 Å². The number of nitrogens with two attached hydrogens (primary N) is 1. The fourth-order valence-electron chi connectivity index (χ4n) is 1.64. The zero-order valence-corrected chi connectivity index (χ0v) is 8.34. The molecule has 13 heavy (non-hydrogen) atoms. The molecule has 3 nitrogen and oxygen atoms in total. The molecule has 1 atom stereocenters. The maximum atomic E-state index is 8.58. The molecule has 0 spiro atoms. The second kappa shape index (κ2) is 6.35. The van der Waals surface area contributed by atoms with Crippen molar-refractivity contribution >= 4 is 0 Å². The molecule has 3 heteroatoms. The van der Waals surface area contributed by atoms with Crippen LogP contribution < -0.4 is 11.1 Å². The summed E-state index contributed by atoms with van der Waals surface area (Å²) >= 11 is 0. The summed E-state index contributed by atoms with van der Waals surface area (Å²) < 4.78 is 0. The molecule has 0 saturated heterocycles. The number of aliphatic hydroxyl groups is 1. The second-order valence-corrected chi connectivity index (χ2v) is 3.92. The highest BCUT2D eigenvalue weighted by Crippen LogP contribution is 2.32. The smallest absolute Gasteiger partial charge is 0.0431 e. The first-order valence-electron chi connectivity index (χ1n) is 5.42. The van der Waals surface area contributed by atoms with Crippen LogP contribution in [-0.2, 0) is 0 Å². The topological polar surface area (TPSA) is 58.3 Å². The molecule has 0 radical (unpaired) electrons. The van der Waals surface area contributed by atoms with Crippen molar-refractivity contribution in [1.29, 1.82) is 0 Å². The van der Waals surface area contributed by atoms with E-state index in [-0.39, 0.29) is 0 Å². The summed E-state index contributed by atoms with van der Waals surface area (Å²) in [6.07, 6.45) is 5.91. The Hall–Kier alpha value is -0.120. The van der Waals surface area contributed by atoms with Crippen molar-refractivity contribution in [2.24, 2.45) is 11.7 Å². The van der Waals surface area contributed by atoms with E-state index in [1.54, 1.807) is 0 Å². The Kier molecular flexibility index (Phi) is 5.35. The predicted molar refractivity (Wildman–Crippen MR) is 54.5 cm³/mol. The van der Waals surface area contributed by atoms with E-state index in [9.17, 15) is 0 Å². The number of hydrogen-bond acceptors (Lipinski definition) is 3. The van der Waals surface area contributed by atoms with Gasteiger partial charge in [-0.3, -0.25) is 0 Å². The highest BCUT2D eigenvalue weighted by molar-refractivity contribution is 4.86. The van der Waals surface area contributed by atoms with Crippen LogP contribution in [0.2, 0.25) is 0 Å². The van der Waals surface area contributed by atoms with Crippen LogP contribution in [0, 0.1) is 5.92 Å². The van der Waals surface area contributed by atoms with Gasteiger partial charge in [0.05, 0.1) is 0 Å².